The van der Waals surface area contributed by atoms with Gasteiger partial charge in [-0.05, 0) is 30.7 Å². The van der Waals surface area contributed by atoms with E-state index in [1.807, 2.05) is 24.3 Å². The normalized spacial score (nSPS) is 12.1. The van der Waals surface area contributed by atoms with Crippen LogP contribution >= 0.6 is 0 Å². The van der Waals surface area contributed by atoms with Gasteiger partial charge in [-0.15, -0.1) is 0 Å². The molecule has 0 aliphatic rings. The van der Waals surface area contributed by atoms with Gasteiger partial charge in [0.2, 0.25) is 0 Å². The molecule has 1 aromatic heterocycles. The Kier molecular flexibility index (Phi) is 5.69. The third-order valence-electron chi connectivity index (χ3n) is 3.58. The minimum absolute atomic E-state index is 0.216. The van der Waals surface area contributed by atoms with Crippen LogP contribution in [0.3, 0.4) is 0 Å². The molecule has 0 spiro atoms. The third-order valence-corrected chi connectivity index (χ3v) is 3.58. The van der Waals surface area contributed by atoms with Crippen LogP contribution in [0, 0.1) is 0 Å². The fourth-order valence-corrected chi connectivity index (χ4v) is 2.26. The molecule has 1 aromatic carbocycles. The summed E-state index contributed by atoms with van der Waals surface area (Å²) in [6, 6.07) is 12.1. The van der Waals surface area contributed by atoms with Crippen molar-refractivity contribution in [2.75, 3.05) is 13.7 Å². The molecule has 1 heterocycles. The summed E-state index contributed by atoms with van der Waals surface area (Å²) in [5, 5.41) is 0. The van der Waals surface area contributed by atoms with Crippen LogP contribution in [0.4, 0.5) is 0 Å². The highest BCUT2D eigenvalue weighted by Crippen LogP contribution is 2.25. The van der Waals surface area contributed by atoms with Crippen molar-refractivity contribution >= 4 is 0 Å². The van der Waals surface area contributed by atoms with Crippen LogP contribution in [0.1, 0.15) is 19.0 Å². The lowest BCUT2D eigenvalue weighted by Gasteiger charge is -2.14. The monoisotopic (exact) mass is 288 g/mol. The Bertz CT molecular complexity index is 551. The van der Waals surface area contributed by atoms with Crippen molar-refractivity contribution < 1.29 is 9.47 Å². The van der Waals surface area contributed by atoms with Gasteiger partial charge in [0.15, 0.2) is 11.5 Å². The van der Waals surface area contributed by atoms with Crippen LogP contribution in [0.5, 0.6) is 11.5 Å². The van der Waals surface area contributed by atoms with Crippen molar-refractivity contribution in [3.05, 3.63) is 48.3 Å². The number of hydrogen-bond acceptors (Lipinski definition) is 3. The van der Waals surface area contributed by atoms with Crippen LogP contribution in [0.15, 0.2) is 42.6 Å². The number of benzene rings is 1. The molecular formula is C17H24N2O2. The van der Waals surface area contributed by atoms with E-state index in [-0.39, 0.29) is 6.04 Å². The first-order valence-electron chi connectivity index (χ1n) is 7.40. The van der Waals surface area contributed by atoms with E-state index in [4.69, 9.17) is 15.2 Å². The summed E-state index contributed by atoms with van der Waals surface area (Å²) in [5.41, 5.74) is 7.29. The van der Waals surface area contributed by atoms with E-state index in [0.29, 0.717) is 6.61 Å². The lowest BCUT2D eigenvalue weighted by molar-refractivity contribution is 0.278. The van der Waals surface area contributed by atoms with Gasteiger partial charge < -0.3 is 19.8 Å². The van der Waals surface area contributed by atoms with Crippen molar-refractivity contribution in [2.24, 2.45) is 5.73 Å². The first kappa shape index (κ1) is 15.4. The molecule has 4 heteroatoms. The van der Waals surface area contributed by atoms with E-state index in [2.05, 4.69) is 29.8 Å². The van der Waals surface area contributed by atoms with E-state index in [0.717, 1.165) is 30.9 Å². The SMILES string of the molecule is CCC(N)Cc1cccn1CCOc1ccccc1OC. The number of para-hydroxylation sites is 2. The highest BCUT2D eigenvalue weighted by atomic mass is 16.5. The molecule has 1 unspecified atom stereocenters. The first-order chi connectivity index (χ1) is 10.2. The zero-order valence-electron chi connectivity index (χ0n) is 12.8. The molecule has 114 valence electrons. The summed E-state index contributed by atoms with van der Waals surface area (Å²) in [6.07, 6.45) is 3.96. The van der Waals surface area contributed by atoms with Gasteiger partial charge in [-0.3, -0.25) is 0 Å². The zero-order chi connectivity index (χ0) is 15.1. The summed E-state index contributed by atoms with van der Waals surface area (Å²) in [7, 11) is 1.65. The van der Waals surface area contributed by atoms with Crippen LogP contribution in [-0.4, -0.2) is 24.3 Å². The maximum Gasteiger partial charge on any atom is 0.161 e. The van der Waals surface area contributed by atoms with Gasteiger partial charge >= 0.3 is 0 Å². The van der Waals surface area contributed by atoms with Crippen LogP contribution in [0.2, 0.25) is 0 Å². The van der Waals surface area contributed by atoms with E-state index in [1.165, 1.54) is 5.69 Å². The lowest BCUT2D eigenvalue weighted by Crippen LogP contribution is -2.23. The maximum absolute atomic E-state index is 6.03. The number of ether oxygens (including phenoxy) is 2. The molecule has 0 saturated carbocycles. The second-order valence-corrected chi connectivity index (χ2v) is 5.06. The Hall–Kier alpha value is -1.94. The van der Waals surface area contributed by atoms with Crippen molar-refractivity contribution in [1.29, 1.82) is 0 Å². The number of nitrogens with zero attached hydrogens (tertiary/aromatic N) is 1. The Balaban J connectivity index is 1.90. The van der Waals surface area contributed by atoms with Gasteiger partial charge in [0.05, 0.1) is 13.7 Å². The van der Waals surface area contributed by atoms with Crippen LogP contribution in [0.25, 0.3) is 0 Å². The molecule has 0 aliphatic heterocycles. The molecule has 0 saturated heterocycles. The second kappa shape index (κ2) is 7.74. The number of hydrogen-bond donors (Lipinski definition) is 1. The second-order valence-electron chi connectivity index (χ2n) is 5.06. The fraction of sp³-hybridized carbons (Fsp3) is 0.412. The Morgan fingerprint density at radius 3 is 2.62 bits per heavy atom. The Morgan fingerprint density at radius 2 is 1.90 bits per heavy atom. The molecule has 0 aliphatic carbocycles. The van der Waals surface area contributed by atoms with Gasteiger partial charge in [0.25, 0.3) is 0 Å². The Labute approximate surface area is 126 Å². The predicted molar refractivity (Wildman–Crippen MR) is 84.9 cm³/mol. The van der Waals surface area contributed by atoms with Gasteiger partial charge in [0, 0.05) is 24.4 Å². The molecule has 0 radical (unpaired) electrons. The minimum atomic E-state index is 0.216. The zero-order valence-corrected chi connectivity index (χ0v) is 12.8. The minimum Gasteiger partial charge on any atom is -0.493 e. The molecule has 0 bridgehead atoms. The fourth-order valence-electron chi connectivity index (χ4n) is 2.26. The topological polar surface area (TPSA) is 49.4 Å². The van der Waals surface area contributed by atoms with Crippen molar-refractivity contribution in [2.45, 2.75) is 32.4 Å². The van der Waals surface area contributed by atoms with Crippen molar-refractivity contribution in [1.82, 2.24) is 4.57 Å². The van der Waals surface area contributed by atoms with Gasteiger partial charge in [-0.2, -0.15) is 0 Å². The third kappa shape index (κ3) is 4.26. The standard InChI is InChI=1S/C17H24N2O2/c1-3-14(18)13-15-7-6-10-19(15)11-12-21-17-9-5-4-8-16(17)20-2/h4-10,14H,3,11-13,18H2,1-2H3. The average molecular weight is 288 g/mol. The largest absolute Gasteiger partial charge is 0.493 e. The predicted octanol–water partition coefficient (Wildman–Crippen LogP) is 2.86. The molecule has 21 heavy (non-hydrogen) atoms. The first-order valence-corrected chi connectivity index (χ1v) is 7.40. The molecule has 0 amide bonds. The average Bonchev–Trinajstić information content (AvgIpc) is 2.95. The molecule has 1 atom stereocenters. The van der Waals surface area contributed by atoms with E-state index in [1.54, 1.807) is 7.11 Å². The quantitative estimate of drug-likeness (QED) is 0.812. The van der Waals surface area contributed by atoms with Crippen LogP contribution in [-0.2, 0) is 13.0 Å². The van der Waals surface area contributed by atoms with Gasteiger partial charge in [-0.25, -0.2) is 0 Å². The summed E-state index contributed by atoms with van der Waals surface area (Å²) >= 11 is 0. The van der Waals surface area contributed by atoms with Gasteiger partial charge in [0.1, 0.15) is 6.61 Å². The molecule has 2 aromatic rings. The molecule has 2 N–H and O–H groups in total. The lowest BCUT2D eigenvalue weighted by atomic mass is 10.1. The summed E-state index contributed by atoms with van der Waals surface area (Å²) < 4.78 is 13.3. The van der Waals surface area contributed by atoms with E-state index < -0.39 is 0 Å². The molecule has 4 nitrogen and oxygen atoms in total. The maximum atomic E-state index is 6.03. The smallest absolute Gasteiger partial charge is 0.161 e. The van der Waals surface area contributed by atoms with E-state index >= 15 is 0 Å². The number of aromatic nitrogens is 1. The van der Waals surface area contributed by atoms with E-state index in [9.17, 15) is 0 Å². The molecule has 0 fully saturated rings. The summed E-state index contributed by atoms with van der Waals surface area (Å²) in [4.78, 5) is 0. The van der Waals surface area contributed by atoms with Gasteiger partial charge in [-0.1, -0.05) is 19.1 Å². The molecular weight excluding hydrogens is 264 g/mol. The summed E-state index contributed by atoms with van der Waals surface area (Å²) in [6.45, 7) is 3.52. The summed E-state index contributed by atoms with van der Waals surface area (Å²) in [5.74, 6) is 1.54. The van der Waals surface area contributed by atoms with Crippen molar-refractivity contribution in [3.8, 4) is 11.5 Å². The highest BCUT2D eigenvalue weighted by molar-refractivity contribution is 5.39. The van der Waals surface area contributed by atoms with Crippen LogP contribution < -0.4 is 15.2 Å². The number of methoxy groups -OCH3 is 1. The number of rotatable bonds is 8. The molecule has 2 rings (SSSR count). The number of nitrogens with two attached hydrogens (primary N) is 1. The Morgan fingerprint density at radius 1 is 1.14 bits per heavy atom. The highest BCUT2D eigenvalue weighted by Gasteiger charge is 2.07. The van der Waals surface area contributed by atoms with Crippen molar-refractivity contribution in [3.63, 3.8) is 0 Å².